The van der Waals surface area contributed by atoms with Crippen LogP contribution in [0.25, 0.3) is 0 Å². The molecule has 0 saturated heterocycles. The van der Waals surface area contributed by atoms with Crippen LogP contribution in [0.15, 0.2) is 22.7 Å². The smallest absolute Gasteiger partial charge is 0.304 e. The maximum absolute atomic E-state index is 13.2. The Morgan fingerprint density at radius 2 is 2.11 bits per heavy atom. The lowest BCUT2D eigenvalue weighted by atomic mass is 10.2. The fourth-order valence-electron chi connectivity index (χ4n) is 1.21. The van der Waals surface area contributed by atoms with E-state index in [1.165, 1.54) is 12.1 Å². The normalized spacial score (nSPS) is 11.4. The molecule has 1 aromatic rings. The molecule has 100 valence electrons. The van der Waals surface area contributed by atoms with E-state index in [1.807, 2.05) is 0 Å². The molecule has 8 heteroatoms. The van der Waals surface area contributed by atoms with E-state index in [4.69, 9.17) is 5.11 Å². The lowest BCUT2D eigenvalue weighted by Gasteiger charge is -2.06. The number of carboxylic acids is 1. The first-order valence-electron chi connectivity index (χ1n) is 4.93. The summed E-state index contributed by atoms with van der Waals surface area (Å²) in [6.45, 7) is -0.184. The molecule has 0 saturated carbocycles. The number of aliphatic carboxylic acids is 1. The summed E-state index contributed by atoms with van der Waals surface area (Å²) in [5.41, 5.74) is 0.290. The molecule has 0 aromatic heterocycles. The Kier molecular flexibility index (Phi) is 5.24. The summed E-state index contributed by atoms with van der Waals surface area (Å²) in [7, 11) is -3.66. The number of benzene rings is 1. The van der Waals surface area contributed by atoms with Crippen LogP contribution in [0.5, 0.6) is 0 Å². The fourth-order valence-corrected chi connectivity index (χ4v) is 2.59. The molecule has 0 fully saturated rings. The molecule has 0 spiro atoms. The topological polar surface area (TPSA) is 83.5 Å². The van der Waals surface area contributed by atoms with Gasteiger partial charge in [-0.05, 0) is 33.6 Å². The van der Waals surface area contributed by atoms with E-state index >= 15 is 0 Å². The Morgan fingerprint density at radius 1 is 1.44 bits per heavy atom. The second-order valence-electron chi connectivity index (χ2n) is 3.55. The van der Waals surface area contributed by atoms with Crippen LogP contribution in [0.4, 0.5) is 4.39 Å². The Hall–Kier alpha value is -0.990. The Morgan fingerprint density at radius 3 is 2.67 bits per heavy atom. The van der Waals surface area contributed by atoms with Crippen LogP contribution in [-0.2, 0) is 20.6 Å². The van der Waals surface area contributed by atoms with Crippen molar-refractivity contribution < 1.29 is 22.7 Å². The molecule has 0 bridgehead atoms. The van der Waals surface area contributed by atoms with Crippen LogP contribution in [0.1, 0.15) is 12.0 Å². The molecule has 0 aliphatic rings. The van der Waals surface area contributed by atoms with Gasteiger partial charge in [-0.2, -0.15) is 0 Å². The zero-order chi connectivity index (χ0) is 13.8. The second kappa shape index (κ2) is 6.26. The Bertz CT molecular complexity index is 547. The second-order valence-corrected chi connectivity index (χ2v) is 6.21. The average molecular weight is 340 g/mol. The van der Waals surface area contributed by atoms with Gasteiger partial charge < -0.3 is 5.11 Å². The Balaban J connectivity index is 2.64. The van der Waals surface area contributed by atoms with Crippen molar-refractivity contribution in [2.75, 3.05) is 6.54 Å². The molecule has 1 rings (SSSR count). The Labute approximate surface area is 112 Å². The van der Waals surface area contributed by atoms with Gasteiger partial charge in [0.1, 0.15) is 5.82 Å². The van der Waals surface area contributed by atoms with E-state index in [-0.39, 0.29) is 17.4 Å². The third-order valence-corrected chi connectivity index (χ3v) is 4.00. The zero-order valence-corrected chi connectivity index (χ0v) is 11.6. The van der Waals surface area contributed by atoms with Crippen molar-refractivity contribution in [2.45, 2.75) is 12.2 Å². The summed E-state index contributed by atoms with van der Waals surface area (Å²) in [4.78, 5) is 10.2. The van der Waals surface area contributed by atoms with E-state index in [1.54, 1.807) is 0 Å². The highest BCUT2D eigenvalue weighted by Gasteiger charge is 2.13. The maximum atomic E-state index is 13.2. The molecular formula is C10H11BrFNO4S. The molecule has 0 amide bonds. The lowest BCUT2D eigenvalue weighted by molar-refractivity contribution is -0.136. The van der Waals surface area contributed by atoms with Gasteiger partial charge in [0, 0.05) is 6.54 Å². The lowest BCUT2D eigenvalue weighted by Crippen LogP contribution is -2.27. The zero-order valence-electron chi connectivity index (χ0n) is 9.19. The van der Waals surface area contributed by atoms with Gasteiger partial charge in [-0.3, -0.25) is 4.79 Å². The molecule has 5 nitrogen and oxygen atoms in total. The average Bonchev–Trinajstić information content (AvgIpc) is 2.22. The number of nitrogens with one attached hydrogen (secondary N) is 1. The first-order valence-corrected chi connectivity index (χ1v) is 7.38. The summed E-state index contributed by atoms with van der Waals surface area (Å²) in [6.07, 6.45) is -0.298. The number of carboxylic acid groups (broad SMARTS) is 1. The van der Waals surface area contributed by atoms with Gasteiger partial charge in [0.05, 0.1) is 16.6 Å². The SMILES string of the molecule is O=C(O)CCNS(=O)(=O)Cc1ccc(Br)c(F)c1. The molecule has 0 aliphatic heterocycles. The number of rotatable bonds is 6. The third-order valence-electron chi connectivity index (χ3n) is 2.00. The van der Waals surface area contributed by atoms with E-state index < -0.39 is 27.6 Å². The van der Waals surface area contributed by atoms with Crippen LogP contribution < -0.4 is 4.72 Å². The van der Waals surface area contributed by atoms with E-state index in [2.05, 4.69) is 20.7 Å². The third kappa shape index (κ3) is 5.11. The summed E-state index contributed by atoms with van der Waals surface area (Å²) >= 11 is 2.96. The highest BCUT2D eigenvalue weighted by molar-refractivity contribution is 9.10. The highest BCUT2D eigenvalue weighted by atomic mass is 79.9. The van der Waals surface area contributed by atoms with E-state index in [0.717, 1.165) is 6.07 Å². The number of sulfonamides is 1. The van der Waals surface area contributed by atoms with Crippen molar-refractivity contribution in [1.29, 1.82) is 0 Å². The van der Waals surface area contributed by atoms with Gasteiger partial charge in [-0.15, -0.1) is 0 Å². The van der Waals surface area contributed by atoms with Gasteiger partial charge in [-0.25, -0.2) is 17.5 Å². The van der Waals surface area contributed by atoms with Crippen molar-refractivity contribution in [3.63, 3.8) is 0 Å². The van der Waals surface area contributed by atoms with Crippen molar-refractivity contribution in [2.24, 2.45) is 0 Å². The predicted octanol–water partition coefficient (Wildman–Crippen LogP) is 1.48. The summed E-state index contributed by atoms with van der Waals surface area (Å²) in [6, 6.07) is 4.00. The minimum absolute atomic E-state index is 0.184. The van der Waals surface area contributed by atoms with Gasteiger partial charge in [-0.1, -0.05) is 6.07 Å². The largest absolute Gasteiger partial charge is 0.481 e. The van der Waals surface area contributed by atoms with Crippen molar-refractivity contribution >= 4 is 31.9 Å². The minimum atomic E-state index is -3.66. The van der Waals surface area contributed by atoms with Gasteiger partial charge in [0.25, 0.3) is 0 Å². The monoisotopic (exact) mass is 339 g/mol. The molecule has 0 atom stereocenters. The summed E-state index contributed by atoms with van der Waals surface area (Å²) in [5, 5.41) is 8.38. The van der Waals surface area contributed by atoms with Crippen LogP contribution in [0.2, 0.25) is 0 Å². The van der Waals surface area contributed by atoms with Crippen molar-refractivity contribution in [1.82, 2.24) is 4.72 Å². The van der Waals surface area contributed by atoms with Crippen LogP contribution in [0, 0.1) is 5.82 Å². The quantitative estimate of drug-likeness (QED) is 0.822. The van der Waals surface area contributed by atoms with E-state index in [0.29, 0.717) is 5.56 Å². The first-order chi connectivity index (χ1) is 8.30. The highest BCUT2D eigenvalue weighted by Crippen LogP contribution is 2.17. The number of halogens is 2. The number of hydrogen-bond acceptors (Lipinski definition) is 3. The van der Waals surface area contributed by atoms with Crippen LogP contribution >= 0.6 is 15.9 Å². The first kappa shape index (κ1) is 15.1. The fraction of sp³-hybridized carbons (Fsp3) is 0.300. The molecule has 18 heavy (non-hydrogen) atoms. The van der Waals surface area contributed by atoms with Gasteiger partial charge >= 0.3 is 5.97 Å². The molecule has 1 aromatic carbocycles. The summed E-state index contributed by atoms with van der Waals surface area (Å²) in [5.74, 6) is -2.03. The molecule has 0 radical (unpaired) electrons. The van der Waals surface area contributed by atoms with Crippen LogP contribution in [-0.4, -0.2) is 26.0 Å². The molecule has 0 aliphatic carbocycles. The molecule has 2 N–H and O–H groups in total. The van der Waals surface area contributed by atoms with Crippen molar-refractivity contribution in [3.8, 4) is 0 Å². The van der Waals surface area contributed by atoms with Crippen molar-refractivity contribution in [3.05, 3.63) is 34.1 Å². The number of carbonyl (C=O) groups is 1. The standard InChI is InChI=1S/C10H11BrFNO4S/c11-8-2-1-7(5-9(8)12)6-18(16,17)13-4-3-10(14)15/h1-2,5,13H,3-4,6H2,(H,14,15). The number of hydrogen-bond donors (Lipinski definition) is 2. The molecule has 0 unspecified atom stereocenters. The maximum Gasteiger partial charge on any atom is 0.304 e. The predicted molar refractivity (Wildman–Crippen MR) is 67.0 cm³/mol. The minimum Gasteiger partial charge on any atom is -0.481 e. The summed E-state index contributed by atoms with van der Waals surface area (Å²) < 4.78 is 38.6. The molecule has 0 heterocycles. The van der Waals surface area contributed by atoms with Gasteiger partial charge in [0.2, 0.25) is 10.0 Å². The van der Waals surface area contributed by atoms with E-state index in [9.17, 15) is 17.6 Å². The van der Waals surface area contributed by atoms with Crippen LogP contribution in [0.3, 0.4) is 0 Å². The van der Waals surface area contributed by atoms with Gasteiger partial charge in [0.15, 0.2) is 0 Å². The molecular weight excluding hydrogens is 329 g/mol.